The van der Waals surface area contributed by atoms with E-state index in [9.17, 15) is 17.8 Å². The second-order valence-corrected chi connectivity index (χ2v) is 5.83. The first-order valence-corrected chi connectivity index (χ1v) is 7.30. The lowest BCUT2D eigenvalue weighted by Crippen LogP contribution is -2.27. The smallest absolute Gasteiger partial charge is 0.409 e. The van der Waals surface area contributed by atoms with E-state index in [0.29, 0.717) is 31.7 Å². The lowest BCUT2D eigenvalue weighted by atomic mass is 10.1. The van der Waals surface area contributed by atoms with Crippen molar-refractivity contribution in [3.8, 4) is 0 Å². The molecule has 19 heavy (non-hydrogen) atoms. The van der Waals surface area contributed by atoms with E-state index >= 15 is 0 Å². The Bertz CT molecular complexity index is 596. The Kier molecular flexibility index (Phi) is 3.77. The first-order chi connectivity index (χ1) is 8.88. The van der Waals surface area contributed by atoms with E-state index in [1.54, 1.807) is 12.1 Å². The van der Waals surface area contributed by atoms with Gasteiger partial charge in [0, 0.05) is 6.54 Å². The van der Waals surface area contributed by atoms with Gasteiger partial charge in [-0.2, -0.15) is 8.42 Å². The van der Waals surface area contributed by atoms with Gasteiger partial charge >= 0.3 is 6.09 Å². The van der Waals surface area contributed by atoms with Crippen LogP contribution in [0.3, 0.4) is 0 Å². The molecule has 1 saturated heterocycles. The Labute approximate surface area is 111 Å². The lowest BCUT2D eigenvalue weighted by molar-refractivity contribution is 0.158. The minimum Gasteiger partial charge on any atom is -0.448 e. The first kappa shape index (κ1) is 13.8. The standard InChI is InChI=1S/C12H15NO5S/c1-9-2-3-11(19(15,16)17)10(8-9)4-5-13-6-7-18-12(13)14/h2-3,8H,4-7H2,1H3,(H,15,16,17). The monoisotopic (exact) mass is 285 g/mol. The Balaban J connectivity index is 2.19. The predicted octanol–water partition coefficient (Wildman–Crippen LogP) is 1.24. The molecule has 1 fully saturated rings. The highest BCUT2D eigenvalue weighted by Crippen LogP contribution is 2.18. The van der Waals surface area contributed by atoms with Gasteiger partial charge in [-0.05, 0) is 25.0 Å². The van der Waals surface area contributed by atoms with Crippen LogP contribution in [0.5, 0.6) is 0 Å². The largest absolute Gasteiger partial charge is 0.448 e. The third-order valence-electron chi connectivity index (χ3n) is 2.99. The molecular formula is C12H15NO5S. The topological polar surface area (TPSA) is 83.9 Å². The van der Waals surface area contributed by atoms with Crippen molar-refractivity contribution in [1.29, 1.82) is 0 Å². The van der Waals surface area contributed by atoms with Crippen molar-refractivity contribution in [2.75, 3.05) is 19.7 Å². The number of carbonyl (C=O) groups is 1. The fourth-order valence-electron chi connectivity index (χ4n) is 2.04. The first-order valence-electron chi connectivity index (χ1n) is 5.86. The van der Waals surface area contributed by atoms with Crippen molar-refractivity contribution in [1.82, 2.24) is 4.90 Å². The average molecular weight is 285 g/mol. The molecule has 104 valence electrons. The van der Waals surface area contributed by atoms with Crippen LogP contribution < -0.4 is 0 Å². The van der Waals surface area contributed by atoms with Gasteiger partial charge in [0.15, 0.2) is 0 Å². The maximum Gasteiger partial charge on any atom is 0.409 e. The summed E-state index contributed by atoms with van der Waals surface area (Å²) in [5.74, 6) is 0. The molecule has 1 heterocycles. The number of hydrogen-bond acceptors (Lipinski definition) is 4. The second-order valence-electron chi connectivity index (χ2n) is 4.44. The SMILES string of the molecule is Cc1ccc(S(=O)(=O)O)c(CCN2CCOC2=O)c1. The minimum absolute atomic E-state index is 0.106. The number of rotatable bonds is 4. The van der Waals surface area contributed by atoms with E-state index in [4.69, 9.17) is 4.74 Å². The molecule has 0 spiro atoms. The summed E-state index contributed by atoms with van der Waals surface area (Å²) < 4.78 is 36.5. The highest BCUT2D eigenvalue weighted by atomic mass is 32.2. The number of benzene rings is 1. The molecule has 1 N–H and O–H groups in total. The van der Waals surface area contributed by atoms with Crippen LogP contribution >= 0.6 is 0 Å². The van der Waals surface area contributed by atoms with Crippen LogP contribution in [0.4, 0.5) is 4.79 Å². The van der Waals surface area contributed by atoms with Gasteiger partial charge in [0.05, 0.1) is 11.4 Å². The molecular weight excluding hydrogens is 270 g/mol. The van der Waals surface area contributed by atoms with E-state index in [-0.39, 0.29) is 11.0 Å². The molecule has 0 bridgehead atoms. The molecule has 0 saturated carbocycles. The fourth-order valence-corrected chi connectivity index (χ4v) is 2.77. The zero-order chi connectivity index (χ0) is 14.0. The van der Waals surface area contributed by atoms with Crippen LogP contribution in [-0.4, -0.2) is 43.7 Å². The maximum atomic E-state index is 11.3. The van der Waals surface area contributed by atoms with E-state index < -0.39 is 10.1 Å². The number of aryl methyl sites for hydroxylation is 1. The molecule has 0 atom stereocenters. The van der Waals surface area contributed by atoms with Crippen molar-refractivity contribution >= 4 is 16.2 Å². The third-order valence-corrected chi connectivity index (χ3v) is 3.94. The Morgan fingerprint density at radius 3 is 2.74 bits per heavy atom. The van der Waals surface area contributed by atoms with Gasteiger partial charge < -0.3 is 9.64 Å². The predicted molar refractivity (Wildman–Crippen MR) is 67.6 cm³/mol. The molecule has 1 amide bonds. The van der Waals surface area contributed by atoms with E-state index in [1.165, 1.54) is 11.0 Å². The summed E-state index contributed by atoms with van der Waals surface area (Å²) in [6.07, 6.45) is -0.0348. The summed E-state index contributed by atoms with van der Waals surface area (Å²) in [7, 11) is -4.24. The second kappa shape index (κ2) is 5.18. The molecule has 7 heteroatoms. The Morgan fingerprint density at radius 2 is 2.16 bits per heavy atom. The van der Waals surface area contributed by atoms with Crippen molar-refractivity contribution in [2.24, 2.45) is 0 Å². The Hall–Kier alpha value is -1.60. The van der Waals surface area contributed by atoms with Gasteiger partial charge in [0.25, 0.3) is 10.1 Å². The molecule has 0 radical (unpaired) electrons. The van der Waals surface area contributed by atoms with Crippen LogP contribution in [0, 0.1) is 6.92 Å². The van der Waals surface area contributed by atoms with Gasteiger partial charge in [-0.1, -0.05) is 17.7 Å². The molecule has 0 unspecified atom stereocenters. The van der Waals surface area contributed by atoms with Gasteiger partial charge in [0.1, 0.15) is 6.61 Å². The van der Waals surface area contributed by atoms with Crippen molar-refractivity contribution in [2.45, 2.75) is 18.2 Å². The van der Waals surface area contributed by atoms with Crippen molar-refractivity contribution in [3.63, 3.8) is 0 Å². The maximum absolute atomic E-state index is 11.3. The van der Waals surface area contributed by atoms with Crippen LogP contribution in [0.1, 0.15) is 11.1 Å². The molecule has 1 aliphatic rings. The number of amides is 1. The molecule has 0 aromatic heterocycles. The third kappa shape index (κ3) is 3.24. The number of hydrogen-bond donors (Lipinski definition) is 1. The zero-order valence-corrected chi connectivity index (χ0v) is 11.3. The summed E-state index contributed by atoms with van der Waals surface area (Å²) in [6.45, 7) is 3.07. The summed E-state index contributed by atoms with van der Waals surface area (Å²) in [4.78, 5) is 12.7. The van der Waals surface area contributed by atoms with Gasteiger partial charge in [-0.25, -0.2) is 4.79 Å². The number of cyclic esters (lactones) is 1. The molecule has 2 rings (SSSR count). The number of ether oxygens (including phenoxy) is 1. The van der Waals surface area contributed by atoms with Gasteiger partial charge in [-0.3, -0.25) is 4.55 Å². The molecule has 6 nitrogen and oxygen atoms in total. The van der Waals surface area contributed by atoms with Gasteiger partial charge in [-0.15, -0.1) is 0 Å². The zero-order valence-electron chi connectivity index (χ0n) is 10.5. The molecule has 0 aliphatic carbocycles. The molecule has 1 aromatic rings. The highest BCUT2D eigenvalue weighted by Gasteiger charge is 2.22. The van der Waals surface area contributed by atoms with Crippen molar-refractivity contribution < 1.29 is 22.5 Å². The highest BCUT2D eigenvalue weighted by molar-refractivity contribution is 7.85. The number of carbonyl (C=O) groups excluding carboxylic acids is 1. The van der Waals surface area contributed by atoms with E-state index in [2.05, 4.69) is 0 Å². The Morgan fingerprint density at radius 1 is 1.42 bits per heavy atom. The molecule has 1 aromatic carbocycles. The summed E-state index contributed by atoms with van der Waals surface area (Å²) in [6, 6.07) is 4.70. The minimum atomic E-state index is -4.24. The summed E-state index contributed by atoms with van der Waals surface area (Å²) in [5, 5.41) is 0. The van der Waals surface area contributed by atoms with Gasteiger partial charge in [0.2, 0.25) is 0 Å². The van der Waals surface area contributed by atoms with Crippen LogP contribution in [0.15, 0.2) is 23.1 Å². The normalized spacial score (nSPS) is 15.7. The summed E-state index contributed by atoms with van der Waals surface area (Å²) >= 11 is 0. The fraction of sp³-hybridized carbons (Fsp3) is 0.417. The quantitative estimate of drug-likeness (QED) is 0.841. The summed E-state index contributed by atoms with van der Waals surface area (Å²) in [5.41, 5.74) is 1.40. The van der Waals surface area contributed by atoms with Crippen LogP contribution in [0.25, 0.3) is 0 Å². The van der Waals surface area contributed by atoms with Crippen LogP contribution in [-0.2, 0) is 21.3 Å². The average Bonchev–Trinajstić information content (AvgIpc) is 2.70. The van der Waals surface area contributed by atoms with Crippen molar-refractivity contribution in [3.05, 3.63) is 29.3 Å². The van der Waals surface area contributed by atoms with Crippen LogP contribution in [0.2, 0.25) is 0 Å². The van der Waals surface area contributed by atoms with E-state index in [0.717, 1.165) is 5.56 Å². The number of nitrogens with zero attached hydrogens (tertiary/aromatic N) is 1. The van der Waals surface area contributed by atoms with E-state index in [1.807, 2.05) is 6.92 Å². The lowest BCUT2D eigenvalue weighted by Gasteiger charge is -2.14. The molecule has 1 aliphatic heterocycles.